The SMILES string of the molecule is CC(=O)[C@H](Cc1ccccc1)NC(=O)COc1cc2oc(=O)cc(C)c2cc1Cl. The second-order valence-electron chi connectivity index (χ2n) is 6.74. The average Bonchev–Trinajstić information content (AvgIpc) is 2.67. The molecule has 6 nitrogen and oxygen atoms in total. The van der Waals surface area contributed by atoms with E-state index in [4.69, 9.17) is 20.8 Å². The van der Waals surface area contributed by atoms with Gasteiger partial charge in [-0.25, -0.2) is 4.79 Å². The maximum Gasteiger partial charge on any atom is 0.336 e. The van der Waals surface area contributed by atoms with Gasteiger partial charge < -0.3 is 14.5 Å². The van der Waals surface area contributed by atoms with E-state index in [9.17, 15) is 14.4 Å². The quantitative estimate of drug-likeness (QED) is 0.599. The molecular weight excluding hydrogens is 394 g/mol. The van der Waals surface area contributed by atoms with Crippen LogP contribution >= 0.6 is 11.6 Å². The van der Waals surface area contributed by atoms with Crippen LogP contribution in [0.5, 0.6) is 5.75 Å². The lowest BCUT2D eigenvalue weighted by Crippen LogP contribution is -2.43. The van der Waals surface area contributed by atoms with Crippen molar-refractivity contribution in [2.24, 2.45) is 0 Å². The van der Waals surface area contributed by atoms with Gasteiger partial charge in [0.2, 0.25) is 0 Å². The number of aryl methyl sites for hydroxylation is 1. The average molecular weight is 414 g/mol. The zero-order valence-corrected chi connectivity index (χ0v) is 16.8. The lowest BCUT2D eigenvalue weighted by Gasteiger charge is -2.16. The molecule has 0 bridgehead atoms. The molecule has 2 aromatic carbocycles. The second kappa shape index (κ2) is 8.92. The molecule has 0 saturated carbocycles. The Hall–Kier alpha value is -3.12. The van der Waals surface area contributed by atoms with Crippen molar-refractivity contribution in [3.63, 3.8) is 0 Å². The minimum absolute atomic E-state index is 0.150. The fourth-order valence-electron chi connectivity index (χ4n) is 2.96. The van der Waals surface area contributed by atoms with Crippen LogP contribution in [0.1, 0.15) is 18.1 Å². The lowest BCUT2D eigenvalue weighted by molar-refractivity contribution is -0.128. The number of hydrogen-bond donors (Lipinski definition) is 1. The zero-order chi connectivity index (χ0) is 21.0. The molecule has 0 aliphatic heterocycles. The molecule has 1 N–H and O–H groups in total. The van der Waals surface area contributed by atoms with Gasteiger partial charge in [-0.05, 0) is 37.5 Å². The monoisotopic (exact) mass is 413 g/mol. The van der Waals surface area contributed by atoms with E-state index in [1.165, 1.54) is 19.1 Å². The van der Waals surface area contributed by atoms with Crippen molar-refractivity contribution < 1.29 is 18.7 Å². The van der Waals surface area contributed by atoms with Gasteiger partial charge in [0, 0.05) is 17.5 Å². The van der Waals surface area contributed by atoms with Crippen LogP contribution in [0, 0.1) is 6.92 Å². The summed E-state index contributed by atoms with van der Waals surface area (Å²) in [5, 5.41) is 3.65. The van der Waals surface area contributed by atoms with Gasteiger partial charge in [0.1, 0.15) is 11.3 Å². The van der Waals surface area contributed by atoms with Crippen LogP contribution in [0.15, 0.2) is 57.7 Å². The first kappa shape index (κ1) is 20.6. The van der Waals surface area contributed by atoms with Gasteiger partial charge >= 0.3 is 5.63 Å². The number of benzene rings is 2. The van der Waals surface area contributed by atoms with Crippen molar-refractivity contribution in [1.82, 2.24) is 5.32 Å². The molecule has 7 heteroatoms. The van der Waals surface area contributed by atoms with Gasteiger partial charge in [-0.2, -0.15) is 0 Å². The number of hydrogen-bond acceptors (Lipinski definition) is 5. The highest BCUT2D eigenvalue weighted by Gasteiger charge is 2.18. The fraction of sp³-hybridized carbons (Fsp3) is 0.227. The number of nitrogens with one attached hydrogen (secondary N) is 1. The molecule has 0 aliphatic rings. The highest BCUT2D eigenvalue weighted by Crippen LogP contribution is 2.30. The molecule has 0 aliphatic carbocycles. The number of ether oxygens (including phenoxy) is 1. The van der Waals surface area contributed by atoms with Crippen molar-refractivity contribution >= 4 is 34.3 Å². The molecule has 3 rings (SSSR count). The maximum atomic E-state index is 12.3. The summed E-state index contributed by atoms with van der Waals surface area (Å²) in [4.78, 5) is 35.8. The molecule has 29 heavy (non-hydrogen) atoms. The highest BCUT2D eigenvalue weighted by atomic mass is 35.5. The Morgan fingerprint density at radius 1 is 1.17 bits per heavy atom. The van der Waals surface area contributed by atoms with Crippen molar-refractivity contribution in [2.45, 2.75) is 26.3 Å². The highest BCUT2D eigenvalue weighted by molar-refractivity contribution is 6.32. The largest absolute Gasteiger partial charge is 0.482 e. The summed E-state index contributed by atoms with van der Waals surface area (Å²) in [5.41, 5.74) is 1.51. The molecule has 150 valence electrons. The zero-order valence-electron chi connectivity index (χ0n) is 16.0. The number of rotatable bonds is 7. The smallest absolute Gasteiger partial charge is 0.336 e. The second-order valence-corrected chi connectivity index (χ2v) is 7.14. The molecule has 1 amide bonds. The Morgan fingerprint density at radius 3 is 2.59 bits per heavy atom. The van der Waals surface area contributed by atoms with Gasteiger partial charge in [-0.15, -0.1) is 0 Å². The van der Waals surface area contributed by atoms with Crippen LogP contribution in [0.4, 0.5) is 0 Å². The van der Waals surface area contributed by atoms with Crippen LogP contribution < -0.4 is 15.7 Å². The molecule has 0 spiro atoms. The summed E-state index contributed by atoms with van der Waals surface area (Å²) in [6, 6.07) is 13.2. The third kappa shape index (κ3) is 5.23. The Balaban J connectivity index is 1.68. The van der Waals surface area contributed by atoms with Crippen molar-refractivity contribution in [3.8, 4) is 5.75 Å². The number of halogens is 1. The molecule has 0 saturated heterocycles. The predicted octanol–water partition coefficient (Wildman–Crippen LogP) is 3.45. The fourth-order valence-corrected chi connectivity index (χ4v) is 3.17. The summed E-state index contributed by atoms with van der Waals surface area (Å²) in [6.07, 6.45) is 0.392. The number of Topliss-reactive ketones (excluding diaryl/α,β-unsaturated/α-hetero) is 1. The third-order valence-corrected chi connectivity index (χ3v) is 4.77. The number of ketones is 1. The topological polar surface area (TPSA) is 85.6 Å². The molecule has 0 unspecified atom stereocenters. The minimum atomic E-state index is -0.652. The van der Waals surface area contributed by atoms with Gasteiger partial charge in [0.15, 0.2) is 12.4 Å². The first-order valence-electron chi connectivity index (χ1n) is 9.04. The summed E-state index contributed by atoms with van der Waals surface area (Å²) >= 11 is 6.23. The van der Waals surface area contributed by atoms with E-state index in [0.717, 1.165) is 11.1 Å². The molecule has 0 radical (unpaired) electrons. The van der Waals surface area contributed by atoms with Gasteiger partial charge in [0.05, 0.1) is 11.1 Å². The van der Waals surface area contributed by atoms with Crippen LogP contribution in [0.3, 0.4) is 0 Å². The van der Waals surface area contributed by atoms with E-state index in [-0.39, 0.29) is 23.2 Å². The molecule has 1 heterocycles. The minimum Gasteiger partial charge on any atom is -0.482 e. The van der Waals surface area contributed by atoms with E-state index in [2.05, 4.69) is 5.32 Å². The van der Waals surface area contributed by atoms with E-state index in [0.29, 0.717) is 17.4 Å². The van der Waals surface area contributed by atoms with Crippen molar-refractivity contribution in [1.29, 1.82) is 0 Å². The van der Waals surface area contributed by atoms with Gasteiger partial charge in [-0.1, -0.05) is 41.9 Å². The molecule has 1 atom stereocenters. The number of amides is 1. The molecule has 0 fully saturated rings. The first-order valence-corrected chi connectivity index (χ1v) is 9.42. The van der Waals surface area contributed by atoms with E-state index < -0.39 is 17.6 Å². The normalized spacial score (nSPS) is 11.8. The Bertz CT molecular complexity index is 1110. The summed E-state index contributed by atoms with van der Waals surface area (Å²) < 4.78 is 10.7. The third-order valence-electron chi connectivity index (χ3n) is 4.47. The van der Waals surface area contributed by atoms with Crippen LogP contribution in [-0.4, -0.2) is 24.3 Å². The number of carbonyl (C=O) groups excluding carboxylic acids is 2. The Kier molecular flexibility index (Phi) is 6.34. The van der Waals surface area contributed by atoms with Crippen LogP contribution in [0.25, 0.3) is 11.0 Å². The lowest BCUT2D eigenvalue weighted by atomic mass is 10.0. The van der Waals surface area contributed by atoms with Gasteiger partial charge in [-0.3, -0.25) is 9.59 Å². The molecule has 1 aromatic heterocycles. The van der Waals surface area contributed by atoms with E-state index in [1.54, 1.807) is 13.0 Å². The molecule has 3 aromatic rings. The standard InChI is InChI=1S/C22H20ClNO5/c1-13-8-22(27)29-19-11-20(17(23)10-16(13)19)28-12-21(26)24-18(14(2)25)9-15-6-4-3-5-7-15/h3-8,10-11,18H,9,12H2,1-2H3,(H,24,26)/t18-/m0/s1. The van der Waals surface area contributed by atoms with E-state index >= 15 is 0 Å². The van der Waals surface area contributed by atoms with Crippen molar-refractivity contribution in [2.75, 3.05) is 6.61 Å². The molecular formula is C22H20ClNO5. The number of carbonyl (C=O) groups is 2. The maximum absolute atomic E-state index is 12.3. The van der Waals surface area contributed by atoms with Crippen LogP contribution in [0.2, 0.25) is 5.02 Å². The summed E-state index contributed by atoms with van der Waals surface area (Å²) in [5.74, 6) is -0.392. The Morgan fingerprint density at radius 2 is 1.90 bits per heavy atom. The predicted molar refractivity (Wildman–Crippen MR) is 110 cm³/mol. The number of fused-ring (bicyclic) bond motifs is 1. The summed E-state index contributed by atoms with van der Waals surface area (Å²) in [7, 11) is 0. The van der Waals surface area contributed by atoms with Crippen molar-refractivity contribution in [3.05, 3.63) is 75.1 Å². The van der Waals surface area contributed by atoms with E-state index in [1.807, 2.05) is 30.3 Å². The van der Waals surface area contributed by atoms with Crippen LogP contribution in [-0.2, 0) is 16.0 Å². The summed E-state index contributed by atoms with van der Waals surface area (Å²) in [6.45, 7) is 2.87. The first-order chi connectivity index (χ1) is 13.8. The van der Waals surface area contributed by atoms with Gasteiger partial charge in [0.25, 0.3) is 5.91 Å². The Labute approximate surface area is 172 Å².